The summed E-state index contributed by atoms with van der Waals surface area (Å²) in [4.78, 5) is 19.1. The highest BCUT2D eigenvalue weighted by Gasteiger charge is 2.24. The van der Waals surface area contributed by atoms with Gasteiger partial charge in [-0.3, -0.25) is 0 Å². The van der Waals surface area contributed by atoms with Crippen LogP contribution in [0.25, 0.3) is 27.8 Å². The molecule has 0 aromatic carbocycles. The molecule has 0 bridgehead atoms. The van der Waals surface area contributed by atoms with E-state index in [0.717, 1.165) is 59.5 Å². The maximum Gasteiger partial charge on any atom is 0.407 e. The van der Waals surface area contributed by atoms with Crippen molar-refractivity contribution in [2.75, 3.05) is 18.0 Å². The molecular weight excluding hydrogens is 468 g/mol. The molecule has 0 saturated carbocycles. The number of aryl methyl sites for hydroxylation is 1. The molecule has 1 aliphatic rings. The number of aromatic nitrogens is 5. The summed E-state index contributed by atoms with van der Waals surface area (Å²) in [7, 11) is 1.93. The zero-order chi connectivity index (χ0) is 26.2. The molecular formula is C27H31N8O2+. The van der Waals surface area contributed by atoms with Gasteiger partial charge in [-0.15, -0.1) is 4.68 Å². The molecule has 0 atom stereocenters. The standard InChI is InChI=1S/C27H30N8O2/c1-27(2,3)37-26(36)32-22-7-9-34(10-8-22)24-6-5-18(13-29-24)23-11-19(21-15-30-33(4)16-21)17-35-25(23)20(12-28)14-31-35/h5-6,11,13-17,22H,7-10H2,1-4H3,(H,32,36)/p+1. The molecule has 0 radical (unpaired) electrons. The molecule has 0 aliphatic carbocycles. The Morgan fingerprint density at radius 2 is 2.00 bits per heavy atom. The van der Waals surface area contributed by atoms with E-state index >= 15 is 0 Å². The first-order valence-corrected chi connectivity index (χ1v) is 12.4. The SMILES string of the molecule is C[n+]1cc(-c2cc(-c3ccc(N4CCC(NC(=O)OC(C)(C)C)CC4)nc3)c3c(C#N)cnn3c2)c[nH]1. The second-order valence-electron chi connectivity index (χ2n) is 10.4. The second kappa shape index (κ2) is 9.58. The highest BCUT2D eigenvalue weighted by molar-refractivity contribution is 5.87. The van der Waals surface area contributed by atoms with Gasteiger partial charge in [-0.05, 0) is 51.8 Å². The summed E-state index contributed by atoms with van der Waals surface area (Å²) < 4.78 is 9.02. The molecule has 1 amide bonds. The van der Waals surface area contributed by atoms with Crippen molar-refractivity contribution in [3.05, 3.63) is 54.7 Å². The van der Waals surface area contributed by atoms with E-state index < -0.39 is 5.60 Å². The number of ether oxygens (including phenoxy) is 1. The lowest BCUT2D eigenvalue weighted by Crippen LogP contribution is -2.46. The number of carbonyl (C=O) groups is 1. The van der Waals surface area contributed by atoms with E-state index in [4.69, 9.17) is 9.72 Å². The topological polar surface area (TPSA) is 115 Å². The van der Waals surface area contributed by atoms with Crippen LogP contribution in [0.5, 0.6) is 0 Å². The number of pyridine rings is 2. The fourth-order valence-corrected chi connectivity index (χ4v) is 4.65. The minimum atomic E-state index is -0.508. The minimum absolute atomic E-state index is 0.0860. The molecule has 1 saturated heterocycles. The Morgan fingerprint density at radius 3 is 2.62 bits per heavy atom. The van der Waals surface area contributed by atoms with Crippen LogP contribution in [0.3, 0.4) is 0 Å². The van der Waals surface area contributed by atoms with Gasteiger partial charge in [-0.1, -0.05) is 0 Å². The van der Waals surface area contributed by atoms with Crippen molar-refractivity contribution in [2.24, 2.45) is 7.05 Å². The Balaban J connectivity index is 1.35. The number of fused-ring (bicyclic) bond motifs is 1. The number of amides is 1. The number of nitriles is 1. The van der Waals surface area contributed by atoms with Crippen LogP contribution >= 0.6 is 0 Å². The first-order valence-electron chi connectivity index (χ1n) is 12.4. The first-order chi connectivity index (χ1) is 17.7. The van der Waals surface area contributed by atoms with E-state index in [1.54, 1.807) is 10.7 Å². The van der Waals surface area contributed by atoms with Gasteiger partial charge in [-0.2, -0.15) is 15.5 Å². The van der Waals surface area contributed by atoms with Gasteiger partial charge in [0, 0.05) is 48.2 Å². The molecule has 10 nitrogen and oxygen atoms in total. The maximum atomic E-state index is 12.1. The summed E-state index contributed by atoms with van der Waals surface area (Å²) in [5.74, 6) is 0.887. The molecule has 37 heavy (non-hydrogen) atoms. The van der Waals surface area contributed by atoms with Crippen LogP contribution in [0.4, 0.5) is 10.6 Å². The number of hydrogen-bond acceptors (Lipinski definition) is 6. The van der Waals surface area contributed by atoms with Gasteiger partial charge >= 0.3 is 6.09 Å². The minimum Gasteiger partial charge on any atom is -0.444 e. The van der Waals surface area contributed by atoms with Crippen molar-refractivity contribution < 1.29 is 14.2 Å². The van der Waals surface area contributed by atoms with Crippen LogP contribution in [-0.2, 0) is 11.8 Å². The van der Waals surface area contributed by atoms with Crippen LogP contribution in [0.1, 0.15) is 39.2 Å². The largest absolute Gasteiger partial charge is 0.444 e. The average Bonchev–Trinajstić information content (AvgIpc) is 3.49. The van der Waals surface area contributed by atoms with Crippen LogP contribution in [0.2, 0.25) is 0 Å². The summed E-state index contributed by atoms with van der Waals surface area (Å²) in [5, 5.41) is 20.2. The van der Waals surface area contributed by atoms with Gasteiger partial charge in [0.05, 0.1) is 29.0 Å². The summed E-state index contributed by atoms with van der Waals surface area (Å²) in [6.07, 6.45) is 10.6. The lowest BCUT2D eigenvalue weighted by Gasteiger charge is -2.33. The molecule has 0 spiro atoms. The lowest BCUT2D eigenvalue weighted by molar-refractivity contribution is -0.726. The van der Waals surface area contributed by atoms with Gasteiger partial charge in [-0.25, -0.2) is 14.3 Å². The molecule has 5 rings (SSSR count). The van der Waals surface area contributed by atoms with Gasteiger partial charge in [0.2, 0.25) is 6.20 Å². The molecule has 1 aliphatic heterocycles. The Bertz CT molecular complexity index is 1470. The zero-order valence-electron chi connectivity index (χ0n) is 21.5. The molecule has 2 N–H and O–H groups in total. The fraction of sp³-hybridized carbons (Fsp3) is 0.370. The highest BCUT2D eigenvalue weighted by Crippen LogP contribution is 2.32. The van der Waals surface area contributed by atoms with Crippen LogP contribution < -0.4 is 14.9 Å². The van der Waals surface area contributed by atoms with Crippen molar-refractivity contribution in [2.45, 2.75) is 45.3 Å². The first kappa shape index (κ1) is 24.3. The Hall–Kier alpha value is -4.39. The Labute approximate surface area is 215 Å². The number of anilines is 1. The Morgan fingerprint density at radius 1 is 1.22 bits per heavy atom. The van der Waals surface area contributed by atoms with Crippen molar-refractivity contribution >= 4 is 17.4 Å². The average molecular weight is 500 g/mol. The quantitative estimate of drug-likeness (QED) is 0.415. The number of carbonyl (C=O) groups excluding carboxylic acids is 1. The number of H-pyrrole nitrogens is 1. The molecule has 10 heteroatoms. The third kappa shape index (κ3) is 5.26. The molecule has 190 valence electrons. The van der Waals surface area contributed by atoms with Gasteiger partial charge in [0.15, 0.2) is 7.05 Å². The smallest absolute Gasteiger partial charge is 0.407 e. The number of nitrogens with one attached hydrogen (secondary N) is 2. The number of hydrogen-bond donors (Lipinski definition) is 2. The van der Waals surface area contributed by atoms with Crippen molar-refractivity contribution in [1.82, 2.24) is 25.0 Å². The third-order valence-corrected chi connectivity index (χ3v) is 6.42. The molecule has 0 unspecified atom stereocenters. The fourth-order valence-electron chi connectivity index (χ4n) is 4.65. The van der Waals surface area contributed by atoms with Crippen molar-refractivity contribution in [3.8, 4) is 28.3 Å². The van der Waals surface area contributed by atoms with E-state index in [0.29, 0.717) is 5.56 Å². The lowest BCUT2D eigenvalue weighted by atomic mass is 10.0. The highest BCUT2D eigenvalue weighted by atomic mass is 16.6. The molecule has 5 heterocycles. The predicted octanol–water partition coefficient (Wildman–Crippen LogP) is 3.58. The molecule has 4 aromatic heterocycles. The summed E-state index contributed by atoms with van der Waals surface area (Å²) in [5.41, 5.74) is 4.58. The number of nitrogens with zero attached hydrogens (tertiary/aromatic N) is 6. The number of piperidine rings is 1. The van der Waals surface area contributed by atoms with Crippen LogP contribution in [0, 0.1) is 11.3 Å². The van der Waals surface area contributed by atoms with Crippen LogP contribution in [0.15, 0.2) is 49.2 Å². The van der Waals surface area contributed by atoms with E-state index in [1.165, 1.54) is 0 Å². The summed E-state index contributed by atoms with van der Waals surface area (Å²) >= 11 is 0. The number of rotatable bonds is 4. The summed E-state index contributed by atoms with van der Waals surface area (Å²) in [6.45, 7) is 7.16. The van der Waals surface area contributed by atoms with Crippen LogP contribution in [-0.4, -0.2) is 50.5 Å². The van der Waals surface area contributed by atoms with E-state index in [9.17, 15) is 10.1 Å². The Kier molecular flexibility index (Phi) is 6.29. The number of alkyl carbamates (subject to hydrolysis) is 1. The second-order valence-corrected chi connectivity index (χ2v) is 10.4. The van der Waals surface area contributed by atoms with Crippen molar-refractivity contribution in [3.63, 3.8) is 0 Å². The van der Waals surface area contributed by atoms with Crippen molar-refractivity contribution in [1.29, 1.82) is 5.26 Å². The molecule has 4 aromatic rings. The van der Waals surface area contributed by atoms with Gasteiger partial charge < -0.3 is 15.0 Å². The van der Waals surface area contributed by atoms with Gasteiger partial charge in [0.1, 0.15) is 17.5 Å². The zero-order valence-corrected chi connectivity index (χ0v) is 21.5. The van der Waals surface area contributed by atoms with E-state index in [1.807, 2.05) is 69.4 Å². The monoisotopic (exact) mass is 499 g/mol. The van der Waals surface area contributed by atoms with E-state index in [2.05, 4.69) is 32.5 Å². The maximum absolute atomic E-state index is 12.1. The van der Waals surface area contributed by atoms with Gasteiger partial charge in [0.25, 0.3) is 0 Å². The van der Waals surface area contributed by atoms with E-state index in [-0.39, 0.29) is 12.1 Å². The number of aromatic amines is 1. The predicted molar refractivity (Wildman–Crippen MR) is 139 cm³/mol. The normalized spacial score (nSPS) is 14.5. The molecule has 1 fully saturated rings. The third-order valence-electron chi connectivity index (χ3n) is 6.42. The summed E-state index contributed by atoms with van der Waals surface area (Å²) in [6, 6.07) is 8.47.